The minimum Gasteiger partial charge on any atom is -0.494 e. The van der Waals surface area contributed by atoms with E-state index in [0.717, 1.165) is 25.4 Å². The molecule has 1 fully saturated rings. The maximum absolute atomic E-state index is 9.56. The standard InChI is InChI=1S/C15H22O3/c1-3-18-14-6-4-12(5-7-14)13(9-16)8-15(2)10-17-11-15/h4-7,13,16H,3,8-11H2,1-2H3. The van der Waals surface area contributed by atoms with Crippen LogP contribution in [0.25, 0.3) is 0 Å². The van der Waals surface area contributed by atoms with Gasteiger partial charge in [0, 0.05) is 17.9 Å². The van der Waals surface area contributed by atoms with Crippen LogP contribution in [0.1, 0.15) is 31.7 Å². The lowest BCUT2D eigenvalue weighted by atomic mass is 9.77. The smallest absolute Gasteiger partial charge is 0.119 e. The van der Waals surface area contributed by atoms with E-state index in [1.54, 1.807) is 0 Å². The quantitative estimate of drug-likeness (QED) is 0.843. The first-order valence-electron chi connectivity index (χ1n) is 6.58. The second-order valence-electron chi connectivity index (χ2n) is 5.39. The third-order valence-corrected chi connectivity index (χ3v) is 3.52. The van der Waals surface area contributed by atoms with Gasteiger partial charge in [0.2, 0.25) is 0 Å². The first kappa shape index (κ1) is 13.4. The molecule has 0 amide bonds. The number of aliphatic hydroxyl groups is 1. The summed E-state index contributed by atoms with van der Waals surface area (Å²) in [7, 11) is 0. The van der Waals surface area contributed by atoms with Crippen LogP contribution in [-0.2, 0) is 4.74 Å². The zero-order chi connectivity index (χ0) is 13.0. The van der Waals surface area contributed by atoms with E-state index in [-0.39, 0.29) is 17.9 Å². The highest BCUT2D eigenvalue weighted by Crippen LogP contribution is 2.37. The molecule has 18 heavy (non-hydrogen) atoms. The third kappa shape index (κ3) is 3.03. The van der Waals surface area contributed by atoms with Gasteiger partial charge in [-0.05, 0) is 31.0 Å². The van der Waals surface area contributed by atoms with Crippen molar-refractivity contribution in [2.45, 2.75) is 26.2 Å². The summed E-state index contributed by atoms with van der Waals surface area (Å²) in [6.45, 7) is 6.67. The molecule has 0 saturated carbocycles. The SMILES string of the molecule is CCOc1ccc(C(CO)CC2(C)COC2)cc1. The van der Waals surface area contributed by atoms with Crippen molar-refractivity contribution in [3.63, 3.8) is 0 Å². The van der Waals surface area contributed by atoms with Crippen LogP contribution in [-0.4, -0.2) is 31.5 Å². The number of hydrogen-bond acceptors (Lipinski definition) is 3. The highest BCUT2D eigenvalue weighted by molar-refractivity contribution is 5.29. The Kier molecular flexibility index (Phi) is 4.25. The van der Waals surface area contributed by atoms with Crippen molar-refractivity contribution in [3.05, 3.63) is 29.8 Å². The maximum atomic E-state index is 9.56. The third-order valence-electron chi connectivity index (χ3n) is 3.52. The van der Waals surface area contributed by atoms with Crippen molar-refractivity contribution in [1.82, 2.24) is 0 Å². The Morgan fingerprint density at radius 3 is 2.44 bits per heavy atom. The molecule has 1 aliphatic rings. The Bertz CT molecular complexity index is 368. The lowest BCUT2D eigenvalue weighted by molar-refractivity contribution is -0.110. The number of benzene rings is 1. The summed E-state index contributed by atoms with van der Waals surface area (Å²) >= 11 is 0. The molecule has 0 radical (unpaired) electrons. The van der Waals surface area contributed by atoms with Crippen LogP contribution >= 0.6 is 0 Å². The van der Waals surface area contributed by atoms with Crippen LogP contribution in [0.5, 0.6) is 5.75 Å². The summed E-state index contributed by atoms with van der Waals surface area (Å²) in [5.41, 5.74) is 1.40. The molecular formula is C15H22O3. The summed E-state index contributed by atoms with van der Waals surface area (Å²) in [5.74, 6) is 1.07. The highest BCUT2D eigenvalue weighted by atomic mass is 16.5. The number of hydrogen-bond donors (Lipinski definition) is 1. The molecule has 0 aliphatic carbocycles. The lowest BCUT2D eigenvalue weighted by Crippen LogP contribution is -2.41. The van der Waals surface area contributed by atoms with Gasteiger partial charge in [-0.15, -0.1) is 0 Å². The fourth-order valence-corrected chi connectivity index (χ4v) is 2.45. The molecule has 1 atom stereocenters. The van der Waals surface area contributed by atoms with E-state index >= 15 is 0 Å². The molecular weight excluding hydrogens is 228 g/mol. The Labute approximate surface area is 109 Å². The fourth-order valence-electron chi connectivity index (χ4n) is 2.45. The van der Waals surface area contributed by atoms with E-state index in [9.17, 15) is 5.11 Å². The summed E-state index contributed by atoms with van der Waals surface area (Å²) in [6, 6.07) is 8.05. The average Bonchev–Trinajstić information content (AvgIpc) is 2.35. The van der Waals surface area contributed by atoms with Gasteiger partial charge in [-0.3, -0.25) is 0 Å². The number of ether oxygens (including phenoxy) is 2. The van der Waals surface area contributed by atoms with Crippen LogP contribution in [0.15, 0.2) is 24.3 Å². The van der Waals surface area contributed by atoms with Crippen molar-refractivity contribution in [2.24, 2.45) is 5.41 Å². The van der Waals surface area contributed by atoms with E-state index < -0.39 is 0 Å². The minimum absolute atomic E-state index is 0.184. The molecule has 3 nitrogen and oxygen atoms in total. The molecule has 1 heterocycles. The first-order chi connectivity index (χ1) is 8.67. The summed E-state index contributed by atoms with van der Waals surface area (Å²) in [5, 5.41) is 9.56. The molecule has 0 bridgehead atoms. The monoisotopic (exact) mass is 250 g/mol. The van der Waals surface area contributed by atoms with E-state index in [0.29, 0.717) is 6.61 Å². The molecule has 1 aromatic rings. The molecule has 0 spiro atoms. The summed E-state index contributed by atoms with van der Waals surface area (Å²) < 4.78 is 10.7. The highest BCUT2D eigenvalue weighted by Gasteiger charge is 2.35. The predicted octanol–water partition coefficient (Wildman–Crippen LogP) is 2.59. The van der Waals surface area contributed by atoms with Crippen molar-refractivity contribution < 1.29 is 14.6 Å². The van der Waals surface area contributed by atoms with Crippen LogP contribution < -0.4 is 4.74 Å². The molecule has 1 aliphatic heterocycles. The molecule has 1 unspecified atom stereocenters. The molecule has 3 heteroatoms. The van der Waals surface area contributed by atoms with Crippen molar-refractivity contribution >= 4 is 0 Å². The predicted molar refractivity (Wildman–Crippen MR) is 71.0 cm³/mol. The Morgan fingerprint density at radius 2 is 2.00 bits per heavy atom. The molecule has 1 saturated heterocycles. The minimum atomic E-state index is 0.184. The lowest BCUT2D eigenvalue weighted by Gasteiger charge is -2.40. The molecule has 1 aromatic carbocycles. The number of aliphatic hydroxyl groups excluding tert-OH is 1. The van der Waals surface area contributed by atoms with E-state index in [2.05, 4.69) is 19.1 Å². The van der Waals surface area contributed by atoms with Gasteiger partial charge in [-0.2, -0.15) is 0 Å². The zero-order valence-corrected chi connectivity index (χ0v) is 11.2. The zero-order valence-electron chi connectivity index (χ0n) is 11.2. The van der Waals surface area contributed by atoms with Gasteiger partial charge in [-0.1, -0.05) is 19.1 Å². The average molecular weight is 250 g/mol. The van der Waals surface area contributed by atoms with Gasteiger partial charge < -0.3 is 14.6 Å². The topological polar surface area (TPSA) is 38.7 Å². The second kappa shape index (κ2) is 5.72. The van der Waals surface area contributed by atoms with Gasteiger partial charge in [0.1, 0.15) is 5.75 Å². The molecule has 100 valence electrons. The molecule has 2 rings (SSSR count). The van der Waals surface area contributed by atoms with Gasteiger partial charge in [0.05, 0.1) is 19.8 Å². The van der Waals surface area contributed by atoms with Gasteiger partial charge >= 0.3 is 0 Å². The van der Waals surface area contributed by atoms with E-state index in [1.165, 1.54) is 5.56 Å². The Hall–Kier alpha value is -1.06. The van der Waals surface area contributed by atoms with Crippen molar-refractivity contribution in [2.75, 3.05) is 26.4 Å². The van der Waals surface area contributed by atoms with Crippen molar-refractivity contribution in [3.8, 4) is 5.75 Å². The normalized spacial score (nSPS) is 19.1. The Morgan fingerprint density at radius 1 is 1.33 bits per heavy atom. The maximum Gasteiger partial charge on any atom is 0.119 e. The van der Waals surface area contributed by atoms with Crippen LogP contribution in [0.3, 0.4) is 0 Å². The first-order valence-corrected chi connectivity index (χ1v) is 6.58. The van der Waals surface area contributed by atoms with Crippen LogP contribution in [0.4, 0.5) is 0 Å². The molecule has 0 aromatic heterocycles. The second-order valence-corrected chi connectivity index (χ2v) is 5.39. The largest absolute Gasteiger partial charge is 0.494 e. The van der Waals surface area contributed by atoms with Gasteiger partial charge in [-0.25, -0.2) is 0 Å². The van der Waals surface area contributed by atoms with Crippen molar-refractivity contribution in [1.29, 1.82) is 0 Å². The van der Waals surface area contributed by atoms with Gasteiger partial charge in [0.15, 0.2) is 0 Å². The molecule has 1 N–H and O–H groups in total. The summed E-state index contributed by atoms with van der Waals surface area (Å²) in [6.07, 6.45) is 0.970. The van der Waals surface area contributed by atoms with E-state index in [4.69, 9.17) is 9.47 Å². The van der Waals surface area contributed by atoms with Gasteiger partial charge in [0.25, 0.3) is 0 Å². The summed E-state index contributed by atoms with van der Waals surface area (Å²) in [4.78, 5) is 0. The van der Waals surface area contributed by atoms with Crippen LogP contribution in [0, 0.1) is 5.41 Å². The van der Waals surface area contributed by atoms with Crippen LogP contribution in [0.2, 0.25) is 0 Å². The number of rotatable bonds is 6. The van der Waals surface area contributed by atoms with E-state index in [1.807, 2.05) is 19.1 Å². The fraction of sp³-hybridized carbons (Fsp3) is 0.600. The Balaban J connectivity index is 2.02.